The summed E-state index contributed by atoms with van der Waals surface area (Å²) in [5.41, 5.74) is 8.64. The molecule has 2 aromatic rings. The van der Waals surface area contributed by atoms with Gasteiger partial charge in [0.1, 0.15) is 0 Å². The molecule has 0 fully saturated rings. The van der Waals surface area contributed by atoms with E-state index in [2.05, 4.69) is 45.0 Å². The lowest BCUT2D eigenvalue weighted by atomic mass is 9.94. The molecule has 1 aromatic carbocycles. The smallest absolute Gasteiger partial charge is 0.0711 e. The molecule has 0 radical (unpaired) electrons. The quantitative estimate of drug-likeness (QED) is 0.731. The highest BCUT2D eigenvalue weighted by Gasteiger charge is 2.18. The maximum absolute atomic E-state index is 4.93. The first-order valence-corrected chi connectivity index (χ1v) is 9.18. The number of aromatic nitrogens is 1. The zero-order valence-electron chi connectivity index (χ0n) is 15.2. The van der Waals surface area contributed by atoms with Crippen molar-refractivity contribution in [1.29, 1.82) is 0 Å². The van der Waals surface area contributed by atoms with Crippen LogP contribution in [-0.4, -0.2) is 30.5 Å². The van der Waals surface area contributed by atoms with E-state index in [1.54, 1.807) is 5.56 Å². The number of nitrogens with zero attached hydrogens (tertiary/aromatic N) is 2. The van der Waals surface area contributed by atoms with Crippen LogP contribution in [0.2, 0.25) is 0 Å². The van der Waals surface area contributed by atoms with E-state index in [0.717, 1.165) is 6.42 Å². The van der Waals surface area contributed by atoms with Gasteiger partial charge in [0.2, 0.25) is 0 Å². The maximum atomic E-state index is 4.93. The van der Waals surface area contributed by atoms with Gasteiger partial charge in [0.05, 0.1) is 5.52 Å². The number of aryl methyl sites for hydroxylation is 4. The molecule has 0 atom stereocenters. The second-order valence-corrected chi connectivity index (χ2v) is 7.26. The third-order valence-electron chi connectivity index (χ3n) is 5.27. The summed E-state index contributed by atoms with van der Waals surface area (Å²) in [6.45, 7) is 5.65. The Morgan fingerprint density at radius 1 is 1.04 bits per heavy atom. The molecule has 0 spiro atoms. The van der Waals surface area contributed by atoms with Crippen LogP contribution in [0.4, 0.5) is 0 Å². The molecule has 124 valence electrons. The molecular weight excluding hydrogens is 280 g/mol. The minimum absolute atomic E-state index is 1.13. The molecule has 1 aliphatic carbocycles. The van der Waals surface area contributed by atoms with Crippen molar-refractivity contribution < 1.29 is 0 Å². The zero-order chi connectivity index (χ0) is 16.4. The Labute approximate surface area is 140 Å². The fourth-order valence-electron chi connectivity index (χ4n) is 4.00. The predicted octanol–water partition coefficient (Wildman–Crippen LogP) is 4.48. The lowest BCUT2D eigenvalue weighted by molar-refractivity contribution is 0.394. The third-order valence-corrected chi connectivity index (χ3v) is 5.27. The van der Waals surface area contributed by atoms with Crippen molar-refractivity contribution >= 4 is 10.9 Å². The van der Waals surface area contributed by atoms with Gasteiger partial charge < -0.3 is 4.90 Å². The molecule has 3 rings (SSSR count). The van der Waals surface area contributed by atoms with Gasteiger partial charge in [0.25, 0.3) is 0 Å². The molecule has 1 aromatic heterocycles. The summed E-state index contributed by atoms with van der Waals surface area (Å²) in [6.07, 6.45) is 8.60. The SMILES string of the molecule is CCc1cc2c3c(c(C)nc2cc1CCCCN(C)C)CCC3. The Morgan fingerprint density at radius 3 is 2.57 bits per heavy atom. The molecule has 1 aliphatic rings. The van der Waals surface area contributed by atoms with Crippen LogP contribution in [0.15, 0.2) is 12.1 Å². The summed E-state index contributed by atoms with van der Waals surface area (Å²) in [5.74, 6) is 0. The van der Waals surface area contributed by atoms with Gasteiger partial charge in [-0.3, -0.25) is 4.98 Å². The Bertz CT molecular complexity index is 701. The Morgan fingerprint density at radius 2 is 1.83 bits per heavy atom. The highest BCUT2D eigenvalue weighted by molar-refractivity contribution is 5.86. The Hall–Kier alpha value is -1.41. The summed E-state index contributed by atoms with van der Waals surface area (Å²) >= 11 is 0. The summed E-state index contributed by atoms with van der Waals surface area (Å²) in [7, 11) is 4.31. The number of hydrogen-bond acceptors (Lipinski definition) is 2. The summed E-state index contributed by atoms with van der Waals surface area (Å²) < 4.78 is 0. The van der Waals surface area contributed by atoms with Gasteiger partial charge in [-0.05, 0) is 107 Å². The molecule has 0 N–H and O–H groups in total. The number of unbranched alkanes of at least 4 members (excludes halogenated alkanes) is 1. The first-order chi connectivity index (χ1) is 11.1. The van der Waals surface area contributed by atoms with Crippen molar-refractivity contribution in [2.75, 3.05) is 20.6 Å². The standard InChI is InChI=1S/C21H30N2/c1-5-16-13-20-19-11-8-10-18(19)15(2)22-21(20)14-17(16)9-6-7-12-23(3)4/h13-14H,5-12H2,1-4H3. The molecule has 0 aliphatic heterocycles. The Kier molecular flexibility index (Phi) is 5.01. The molecule has 0 saturated heterocycles. The lowest BCUT2D eigenvalue weighted by Crippen LogP contribution is -2.13. The lowest BCUT2D eigenvalue weighted by Gasteiger charge is -2.14. The van der Waals surface area contributed by atoms with E-state index < -0.39 is 0 Å². The number of fused-ring (bicyclic) bond motifs is 3. The average molecular weight is 310 g/mol. The van der Waals surface area contributed by atoms with Gasteiger partial charge in [-0.1, -0.05) is 6.92 Å². The van der Waals surface area contributed by atoms with Gasteiger partial charge >= 0.3 is 0 Å². The van der Waals surface area contributed by atoms with Gasteiger partial charge in [-0.25, -0.2) is 0 Å². The predicted molar refractivity (Wildman–Crippen MR) is 99.4 cm³/mol. The van der Waals surface area contributed by atoms with Crippen molar-refractivity contribution in [3.8, 4) is 0 Å². The number of hydrogen-bond donors (Lipinski definition) is 0. The molecule has 23 heavy (non-hydrogen) atoms. The van der Waals surface area contributed by atoms with Gasteiger partial charge in [0.15, 0.2) is 0 Å². The molecule has 0 bridgehead atoms. The summed E-state index contributed by atoms with van der Waals surface area (Å²) in [5, 5.41) is 1.43. The normalized spacial score (nSPS) is 14.0. The monoisotopic (exact) mass is 310 g/mol. The van der Waals surface area contributed by atoms with Crippen LogP contribution in [0.5, 0.6) is 0 Å². The third kappa shape index (κ3) is 3.42. The second kappa shape index (κ2) is 7.00. The molecule has 0 amide bonds. The van der Waals surface area contributed by atoms with E-state index in [4.69, 9.17) is 4.98 Å². The van der Waals surface area contributed by atoms with Crippen LogP contribution >= 0.6 is 0 Å². The number of pyridine rings is 1. The molecule has 2 nitrogen and oxygen atoms in total. The van der Waals surface area contributed by atoms with Crippen LogP contribution in [0.3, 0.4) is 0 Å². The van der Waals surface area contributed by atoms with Crippen LogP contribution < -0.4 is 0 Å². The molecule has 0 unspecified atom stereocenters. The van der Waals surface area contributed by atoms with E-state index in [9.17, 15) is 0 Å². The topological polar surface area (TPSA) is 16.1 Å². The highest BCUT2D eigenvalue weighted by Crippen LogP contribution is 2.32. The minimum atomic E-state index is 1.13. The molecule has 2 heteroatoms. The molecule has 0 saturated carbocycles. The van der Waals surface area contributed by atoms with E-state index in [-0.39, 0.29) is 0 Å². The average Bonchev–Trinajstić information content (AvgIpc) is 3.01. The molecular formula is C21H30N2. The summed E-state index contributed by atoms with van der Waals surface area (Å²) in [4.78, 5) is 7.20. The van der Waals surface area contributed by atoms with Crippen molar-refractivity contribution in [2.45, 2.75) is 58.8 Å². The van der Waals surface area contributed by atoms with Crippen molar-refractivity contribution in [3.63, 3.8) is 0 Å². The highest BCUT2D eigenvalue weighted by atomic mass is 15.0. The summed E-state index contributed by atoms with van der Waals surface area (Å²) in [6, 6.07) is 4.84. The van der Waals surface area contributed by atoms with Gasteiger partial charge in [-0.2, -0.15) is 0 Å². The van der Waals surface area contributed by atoms with E-state index in [1.807, 2.05) is 0 Å². The van der Waals surface area contributed by atoms with Gasteiger partial charge in [-0.15, -0.1) is 0 Å². The number of rotatable bonds is 6. The minimum Gasteiger partial charge on any atom is -0.309 e. The van der Waals surface area contributed by atoms with E-state index >= 15 is 0 Å². The van der Waals surface area contributed by atoms with E-state index in [0.29, 0.717) is 0 Å². The van der Waals surface area contributed by atoms with Crippen molar-refractivity contribution in [1.82, 2.24) is 9.88 Å². The van der Waals surface area contributed by atoms with Crippen LogP contribution in [-0.2, 0) is 25.7 Å². The van der Waals surface area contributed by atoms with Crippen molar-refractivity contribution in [2.24, 2.45) is 0 Å². The van der Waals surface area contributed by atoms with Crippen LogP contribution in [0.1, 0.15) is 54.1 Å². The largest absolute Gasteiger partial charge is 0.309 e. The first kappa shape index (κ1) is 16.4. The Balaban J connectivity index is 1.91. The van der Waals surface area contributed by atoms with Gasteiger partial charge in [0, 0.05) is 11.1 Å². The van der Waals surface area contributed by atoms with E-state index in [1.165, 1.54) is 78.4 Å². The van der Waals surface area contributed by atoms with Crippen molar-refractivity contribution in [3.05, 3.63) is 40.1 Å². The fourth-order valence-corrected chi connectivity index (χ4v) is 4.00. The molecule has 1 heterocycles. The zero-order valence-corrected chi connectivity index (χ0v) is 15.2. The fraction of sp³-hybridized carbons (Fsp3) is 0.571. The number of benzene rings is 1. The van der Waals surface area contributed by atoms with Crippen LogP contribution in [0.25, 0.3) is 10.9 Å². The maximum Gasteiger partial charge on any atom is 0.0711 e. The second-order valence-electron chi connectivity index (χ2n) is 7.26. The van der Waals surface area contributed by atoms with Crippen LogP contribution in [0, 0.1) is 6.92 Å². The first-order valence-electron chi connectivity index (χ1n) is 9.18.